The van der Waals surface area contributed by atoms with E-state index in [2.05, 4.69) is 31.7 Å². The van der Waals surface area contributed by atoms with Gasteiger partial charge in [-0.15, -0.1) is 0 Å². The van der Waals surface area contributed by atoms with Crippen LogP contribution < -0.4 is 10.6 Å². The Bertz CT molecular complexity index is 1600. The van der Waals surface area contributed by atoms with Gasteiger partial charge in [0.05, 0.1) is 45.4 Å². The van der Waals surface area contributed by atoms with Crippen molar-refractivity contribution in [2.75, 3.05) is 10.6 Å². The van der Waals surface area contributed by atoms with Gasteiger partial charge in [-0.05, 0) is 48.0 Å². The summed E-state index contributed by atoms with van der Waals surface area (Å²) in [6.07, 6.45) is 8.72. The van der Waals surface area contributed by atoms with Crippen molar-refractivity contribution in [2.24, 2.45) is 0 Å². The highest BCUT2D eigenvalue weighted by molar-refractivity contribution is 6.36. The van der Waals surface area contributed by atoms with Gasteiger partial charge in [0, 0.05) is 48.1 Å². The van der Waals surface area contributed by atoms with Crippen LogP contribution in [0.5, 0.6) is 0 Å². The normalized spacial score (nSPS) is 10.8. The van der Waals surface area contributed by atoms with E-state index in [0.717, 1.165) is 16.9 Å². The minimum Gasteiger partial charge on any atom is -0.379 e. The molecule has 2 N–H and O–H groups in total. The lowest BCUT2D eigenvalue weighted by molar-refractivity contribution is 0.628. The summed E-state index contributed by atoms with van der Waals surface area (Å²) in [5, 5.41) is 17.2. The number of nitrogens with zero attached hydrogens (tertiary/aromatic N) is 5. The molecule has 0 amide bonds. The van der Waals surface area contributed by atoms with Gasteiger partial charge >= 0.3 is 0 Å². The molecule has 5 rings (SSSR count). The number of imidazole rings is 1. The van der Waals surface area contributed by atoms with Crippen LogP contribution in [0.1, 0.15) is 16.8 Å². The monoisotopic (exact) mass is 517 g/mol. The van der Waals surface area contributed by atoms with Crippen LogP contribution in [0.2, 0.25) is 10.0 Å². The fourth-order valence-electron chi connectivity index (χ4n) is 3.78. The summed E-state index contributed by atoms with van der Waals surface area (Å²) in [5.41, 5.74) is 4.57. The van der Waals surface area contributed by atoms with Crippen molar-refractivity contribution in [1.29, 1.82) is 5.26 Å². The first-order chi connectivity index (χ1) is 17.5. The van der Waals surface area contributed by atoms with E-state index in [1.807, 2.05) is 29.0 Å². The molecule has 2 aromatic carbocycles. The minimum atomic E-state index is -0.528. The molecular formula is C26H18Cl2FN7. The lowest BCUT2D eigenvalue weighted by Gasteiger charge is -2.14. The molecule has 3 heterocycles. The number of fused-ring (bicyclic) bond motifs is 1. The van der Waals surface area contributed by atoms with Crippen LogP contribution in [0.3, 0.4) is 0 Å². The van der Waals surface area contributed by atoms with Crippen molar-refractivity contribution >= 4 is 51.2 Å². The highest BCUT2D eigenvalue weighted by Crippen LogP contribution is 2.35. The standard InChI is InChI=1S/C26H18Cl2FN7/c27-22-8-18(1-2-24(22)29)35-25-17(10-30)11-33-26-21(25)7-19(9-23(26)28)32-12-20-14-36(15-34-20)13-16-3-5-31-6-4-16/h1-9,11,14-15,32H,12-13H2,(H,33,35). The van der Waals surface area contributed by atoms with Crippen LogP contribution in [0.4, 0.5) is 21.5 Å². The maximum absolute atomic E-state index is 13.6. The van der Waals surface area contributed by atoms with Crippen molar-refractivity contribution in [3.8, 4) is 6.07 Å². The maximum Gasteiger partial charge on any atom is 0.141 e. The van der Waals surface area contributed by atoms with Gasteiger partial charge in [-0.3, -0.25) is 9.97 Å². The van der Waals surface area contributed by atoms with Crippen LogP contribution in [-0.2, 0) is 13.1 Å². The molecule has 0 saturated carbocycles. The minimum absolute atomic E-state index is 0.0272. The SMILES string of the molecule is N#Cc1cnc2c(Cl)cc(NCc3cn(Cc4ccncc4)cn3)cc2c1Nc1ccc(F)c(Cl)c1. The molecule has 0 atom stereocenters. The summed E-state index contributed by atoms with van der Waals surface area (Å²) in [6, 6.07) is 14.0. The zero-order chi connectivity index (χ0) is 25.1. The van der Waals surface area contributed by atoms with Crippen LogP contribution in [-0.4, -0.2) is 19.5 Å². The Morgan fingerprint density at radius 2 is 1.81 bits per heavy atom. The number of hydrogen-bond donors (Lipinski definition) is 2. The first-order valence-corrected chi connectivity index (χ1v) is 11.6. The Morgan fingerprint density at radius 3 is 2.58 bits per heavy atom. The second-order valence-corrected chi connectivity index (χ2v) is 8.83. The van der Waals surface area contributed by atoms with Crippen LogP contribution in [0, 0.1) is 17.1 Å². The van der Waals surface area contributed by atoms with Gasteiger partial charge in [0.1, 0.15) is 11.9 Å². The smallest absolute Gasteiger partial charge is 0.141 e. The molecule has 36 heavy (non-hydrogen) atoms. The average molecular weight is 518 g/mol. The van der Waals surface area contributed by atoms with Crippen LogP contribution in [0.15, 0.2) is 73.6 Å². The summed E-state index contributed by atoms with van der Waals surface area (Å²) in [7, 11) is 0. The van der Waals surface area contributed by atoms with Crippen LogP contribution in [0.25, 0.3) is 10.9 Å². The Morgan fingerprint density at radius 1 is 1.00 bits per heavy atom. The first-order valence-electron chi connectivity index (χ1n) is 10.9. The lowest BCUT2D eigenvalue weighted by atomic mass is 10.1. The number of benzene rings is 2. The Balaban J connectivity index is 1.41. The van der Waals surface area contributed by atoms with Gasteiger partial charge < -0.3 is 15.2 Å². The van der Waals surface area contributed by atoms with Crippen molar-refractivity contribution in [3.05, 3.63) is 106 Å². The number of anilines is 3. The van der Waals surface area contributed by atoms with Gasteiger partial charge in [-0.25, -0.2) is 9.37 Å². The number of aromatic nitrogens is 4. The van der Waals surface area contributed by atoms with E-state index in [0.29, 0.717) is 46.0 Å². The van der Waals surface area contributed by atoms with Crippen molar-refractivity contribution in [2.45, 2.75) is 13.1 Å². The average Bonchev–Trinajstić information content (AvgIpc) is 3.33. The molecule has 5 aromatic rings. The summed E-state index contributed by atoms with van der Waals surface area (Å²) in [6.45, 7) is 1.16. The predicted octanol–water partition coefficient (Wildman–Crippen LogP) is 6.55. The highest BCUT2D eigenvalue weighted by atomic mass is 35.5. The highest BCUT2D eigenvalue weighted by Gasteiger charge is 2.14. The van der Waals surface area contributed by atoms with Gasteiger partial charge in [-0.1, -0.05) is 23.2 Å². The third-order valence-electron chi connectivity index (χ3n) is 5.51. The molecule has 0 radical (unpaired) electrons. The second-order valence-electron chi connectivity index (χ2n) is 8.01. The quantitative estimate of drug-likeness (QED) is 0.254. The molecule has 0 aliphatic carbocycles. The topological polar surface area (TPSA) is 91.5 Å². The summed E-state index contributed by atoms with van der Waals surface area (Å²) in [4.78, 5) is 12.9. The number of rotatable bonds is 7. The third-order valence-corrected chi connectivity index (χ3v) is 6.09. The van der Waals surface area contributed by atoms with Crippen LogP contribution >= 0.6 is 23.2 Å². The summed E-state index contributed by atoms with van der Waals surface area (Å²) >= 11 is 12.5. The second kappa shape index (κ2) is 10.2. The van der Waals surface area contributed by atoms with E-state index in [-0.39, 0.29) is 5.02 Å². The fraction of sp³-hybridized carbons (Fsp3) is 0.0769. The molecule has 0 spiro atoms. The Hall–Kier alpha value is -4.19. The fourth-order valence-corrected chi connectivity index (χ4v) is 4.22. The molecule has 0 bridgehead atoms. The van der Waals surface area contributed by atoms with E-state index >= 15 is 0 Å². The molecule has 0 saturated heterocycles. The van der Waals surface area contributed by atoms with Gasteiger partial charge in [0.2, 0.25) is 0 Å². The molecule has 0 unspecified atom stereocenters. The van der Waals surface area contributed by atoms with Crippen molar-refractivity contribution in [1.82, 2.24) is 19.5 Å². The molecule has 0 fully saturated rings. The molecular weight excluding hydrogens is 500 g/mol. The number of nitrogens with one attached hydrogen (secondary N) is 2. The Kier molecular flexibility index (Phi) is 6.67. The van der Waals surface area contributed by atoms with Gasteiger partial charge in [0.15, 0.2) is 0 Å². The number of halogens is 3. The third kappa shape index (κ3) is 5.08. The lowest BCUT2D eigenvalue weighted by Crippen LogP contribution is -2.02. The summed E-state index contributed by atoms with van der Waals surface area (Å²) in [5.74, 6) is -0.528. The molecule has 7 nitrogen and oxygen atoms in total. The zero-order valence-corrected chi connectivity index (χ0v) is 20.2. The van der Waals surface area contributed by atoms with E-state index < -0.39 is 5.82 Å². The molecule has 0 aliphatic rings. The molecule has 0 aliphatic heterocycles. The van der Waals surface area contributed by atoms with Crippen molar-refractivity contribution < 1.29 is 4.39 Å². The zero-order valence-electron chi connectivity index (χ0n) is 18.7. The molecule has 178 valence electrons. The van der Waals surface area contributed by atoms with E-state index in [9.17, 15) is 9.65 Å². The molecule has 3 aromatic heterocycles. The Labute approximate surface area is 216 Å². The van der Waals surface area contributed by atoms with Crippen molar-refractivity contribution in [3.63, 3.8) is 0 Å². The molecule has 10 heteroatoms. The van der Waals surface area contributed by atoms with E-state index in [1.165, 1.54) is 18.3 Å². The van der Waals surface area contributed by atoms with E-state index in [1.54, 1.807) is 30.9 Å². The summed E-state index contributed by atoms with van der Waals surface area (Å²) < 4.78 is 15.6. The maximum atomic E-state index is 13.6. The van der Waals surface area contributed by atoms with E-state index in [4.69, 9.17) is 23.2 Å². The number of nitriles is 1. The largest absolute Gasteiger partial charge is 0.379 e. The van der Waals surface area contributed by atoms with Gasteiger partial charge in [0.25, 0.3) is 0 Å². The van der Waals surface area contributed by atoms with Gasteiger partial charge in [-0.2, -0.15) is 5.26 Å². The number of pyridine rings is 2. The number of hydrogen-bond acceptors (Lipinski definition) is 6. The first kappa shape index (κ1) is 23.5. The predicted molar refractivity (Wildman–Crippen MR) is 139 cm³/mol.